The number of fused-ring (bicyclic) bond motifs is 1. The number of nitrogens with one attached hydrogen (secondary N) is 1. The summed E-state index contributed by atoms with van der Waals surface area (Å²) in [6.45, 7) is 6.36. The minimum Gasteiger partial charge on any atom is -0.495 e. The van der Waals surface area contributed by atoms with Gasteiger partial charge in [0.2, 0.25) is 0 Å². The quantitative estimate of drug-likeness (QED) is 0.695. The van der Waals surface area contributed by atoms with Crippen LogP contribution in [0.5, 0.6) is 11.5 Å². The first kappa shape index (κ1) is 21.5. The molecule has 0 amide bonds. The zero-order valence-corrected chi connectivity index (χ0v) is 19.0. The fraction of sp³-hybridized carbons (Fsp3) is 0.520. The molecule has 2 aromatic rings. The molecule has 0 radical (unpaired) electrons. The molecule has 0 aliphatic carbocycles. The SMILES string of the molecule is CCC(Oc1ccc2c(c1)CN(C)CC2c1ccc(OC)c(Cl)c1)C1CCNCC1. The van der Waals surface area contributed by atoms with Gasteiger partial charge in [0.05, 0.1) is 12.1 Å². The van der Waals surface area contributed by atoms with Gasteiger partial charge in [-0.3, -0.25) is 0 Å². The van der Waals surface area contributed by atoms with E-state index in [0.29, 0.717) is 23.0 Å². The third kappa shape index (κ3) is 4.61. The van der Waals surface area contributed by atoms with E-state index in [0.717, 1.165) is 44.1 Å². The van der Waals surface area contributed by atoms with Gasteiger partial charge in [0.25, 0.3) is 0 Å². The Kier molecular flexibility index (Phi) is 6.87. The van der Waals surface area contributed by atoms with Crippen molar-refractivity contribution in [2.45, 2.75) is 44.8 Å². The van der Waals surface area contributed by atoms with Gasteiger partial charge in [0, 0.05) is 19.0 Å². The van der Waals surface area contributed by atoms with Crippen molar-refractivity contribution in [2.24, 2.45) is 5.92 Å². The molecule has 5 heteroatoms. The van der Waals surface area contributed by atoms with Crippen LogP contribution in [0.4, 0.5) is 0 Å². The van der Waals surface area contributed by atoms with Crippen LogP contribution in [0.1, 0.15) is 48.8 Å². The first-order chi connectivity index (χ1) is 14.6. The van der Waals surface area contributed by atoms with Crippen molar-refractivity contribution in [1.29, 1.82) is 0 Å². The van der Waals surface area contributed by atoms with Gasteiger partial charge in [-0.15, -0.1) is 0 Å². The molecule has 4 nitrogen and oxygen atoms in total. The number of benzene rings is 2. The van der Waals surface area contributed by atoms with E-state index in [-0.39, 0.29) is 0 Å². The Morgan fingerprint density at radius 3 is 2.67 bits per heavy atom. The maximum Gasteiger partial charge on any atom is 0.137 e. The number of piperidine rings is 1. The van der Waals surface area contributed by atoms with Crippen LogP contribution in [0.25, 0.3) is 0 Å². The van der Waals surface area contributed by atoms with E-state index in [1.807, 2.05) is 12.1 Å². The maximum absolute atomic E-state index is 6.51. The Bertz CT molecular complexity index is 866. The molecule has 0 bridgehead atoms. The molecule has 2 heterocycles. The predicted molar refractivity (Wildman–Crippen MR) is 123 cm³/mol. The Labute approximate surface area is 185 Å². The molecule has 30 heavy (non-hydrogen) atoms. The number of halogens is 1. The fourth-order valence-electron chi connectivity index (χ4n) is 4.99. The Balaban J connectivity index is 1.58. The van der Waals surface area contributed by atoms with Crippen molar-refractivity contribution in [3.8, 4) is 11.5 Å². The minimum atomic E-state index is 0.294. The van der Waals surface area contributed by atoms with Gasteiger partial charge in [-0.2, -0.15) is 0 Å². The summed E-state index contributed by atoms with van der Waals surface area (Å²) in [5.41, 5.74) is 3.94. The smallest absolute Gasteiger partial charge is 0.137 e. The summed E-state index contributed by atoms with van der Waals surface area (Å²) < 4.78 is 11.8. The number of ether oxygens (including phenoxy) is 2. The average Bonchev–Trinajstić information content (AvgIpc) is 2.77. The molecule has 162 valence electrons. The second-order valence-electron chi connectivity index (χ2n) is 8.66. The average molecular weight is 429 g/mol. The molecule has 0 saturated carbocycles. The molecule has 0 aromatic heterocycles. The molecule has 1 fully saturated rings. The van der Waals surface area contributed by atoms with E-state index in [1.54, 1.807) is 7.11 Å². The van der Waals surface area contributed by atoms with Crippen LogP contribution >= 0.6 is 11.6 Å². The molecule has 2 aliphatic heterocycles. The molecule has 1 saturated heterocycles. The van der Waals surface area contributed by atoms with Gasteiger partial charge >= 0.3 is 0 Å². The first-order valence-corrected chi connectivity index (χ1v) is 11.5. The summed E-state index contributed by atoms with van der Waals surface area (Å²) in [6, 6.07) is 12.8. The van der Waals surface area contributed by atoms with Crippen molar-refractivity contribution >= 4 is 11.6 Å². The maximum atomic E-state index is 6.51. The van der Waals surface area contributed by atoms with Gasteiger partial charge in [-0.05, 0) is 86.3 Å². The normalized spacial score (nSPS) is 21.1. The third-order valence-corrected chi connectivity index (χ3v) is 6.90. The predicted octanol–water partition coefficient (Wildman–Crippen LogP) is 5.08. The van der Waals surface area contributed by atoms with Gasteiger partial charge < -0.3 is 19.7 Å². The second-order valence-corrected chi connectivity index (χ2v) is 9.06. The van der Waals surface area contributed by atoms with E-state index >= 15 is 0 Å². The molecule has 2 unspecified atom stereocenters. The van der Waals surface area contributed by atoms with Crippen molar-refractivity contribution < 1.29 is 9.47 Å². The van der Waals surface area contributed by atoms with E-state index in [2.05, 4.69) is 48.5 Å². The fourth-order valence-corrected chi connectivity index (χ4v) is 5.25. The molecule has 2 aromatic carbocycles. The number of hydrogen-bond donors (Lipinski definition) is 1. The summed E-state index contributed by atoms with van der Waals surface area (Å²) in [5.74, 6) is 2.66. The lowest BCUT2D eigenvalue weighted by Gasteiger charge is -2.34. The number of likely N-dealkylation sites (N-methyl/N-ethyl adjacent to an activating group) is 1. The second kappa shape index (κ2) is 9.59. The lowest BCUT2D eigenvalue weighted by Crippen LogP contribution is -2.36. The lowest BCUT2D eigenvalue weighted by molar-refractivity contribution is 0.108. The Hall–Kier alpha value is -1.75. The zero-order valence-electron chi connectivity index (χ0n) is 18.3. The number of hydrogen-bond acceptors (Lipinski definition) is 4. The standard InChI is InChI=1S/C25H33ClN2O2/c1-4-24(17-9-11-27-12-10-17)30-20-6-7-21-19(13-20)15-28(2)16-22(21)18-5-8-25(29-3)23(26)14-18/h5-8,13-14,17,22,24,27H,4,9-12,15-16H2,1-3H3. The summed E-state index contributed by atoms with van der Waals surface area (Å²) in [7, 11) is 3.83. The summed E-state index contributed by atoms with van der Waals surface area (Å²) >= 11 is 6.42. The molecule has 0 spiro atoms. The summed E-state index contributed by atoms with van der Waals surface area (Å²) in [5, 5.41) is 4.12. The zero-order chi connectivity index (χ0) is 21.1. The van der Waals surface area contributed by atoms with Crippen LogP contribution < -0.4 is 14.8 Å². The molecule has 1 N–H and O–H groups in total. The van der Waals surface area contributed by atoms with Crippen LogP contribution in [0.15, 0.2) is 36.4 Å². The van der Waals surface area contributed by atoms with Gasteiger partial charge in [0.1, 0.15) is 17.6 Å². The monoisotopic (exact) mass is 428 g/mol. The van der Waals surface area contributed by atoms with E-state index < -0.39 is 0 Å². The molecule has 2 atom stereocenters. The van der Waals surface area contributed by atoms with Crippen LogP contribution in [-0.2, 0) is 6.54 Å². The van der Waals surface area contributed by atoms with Crippen molar-refractivity contribution in [2.75, 3.05) is 33.8 Å². The highest BCUT2D eigenvalue weighted by molar-refractivity contribution is 6.32. The molecule has 2 aliphatic rings. The van der Waals surface area contributed by atoms with Gasteiger partial charge in [-0.25, -0.2) is 0 Å². The van der Waals surface area contributed by atoms with Crippen LogP contribution in [-0.4, -0.2) is 44.8 Å². The van der Waals surface area contributed by atoms with E-state index in [9.17, 15) is 0 Å². The van der Waals surface area contributed by atoms with Crippen LogP contribution in [0.3, 0.4) is 0 Å². The Morgan fingerprint density at radius 1 is 1.17 bits per heavy atom. The number of rotatable bonds is 6. The third-order valence-electron chi connectivity index (χ3n) is 6.60. The number of nitrogens with zero attached hydrogens (tertiary/aromatic N) is 1. The first-order valence-electron chi connectivity index (χ1n) is 11.1. The highest BCUT2D eigenvalue weighted by Gasteiger charge is 2.27. The minimum absolute atomic E-state index is 0.294. The van der Waals surface area contributed by atoms with Gasteiger partial charge in [-0.1, -0.05) is 30.7 Å². The largest absolute Gasteiger partial charge is 0.495 e. The lowest BCUT2D eigenvalue weighted by atomic mass is 9.84. The number of methoxy groups -OCH3 is 1. The van der Waals surface area contributed by atoms with E-state index in [4.69, 9.17) is 21.1 Å². The molecular weight excluding hydrogens is 396 g/mol. The highest BCUT2D eigenvalue weighted by Crippen LogP contribution is 2.38. The van der Waals surface area contributed by atoms with Gasteiger partial charge in [0.15, 0.2) is 0 Å². The molecule has 4 rings (SSSR count). The topological polar surface area (TPSA) is 33.7 Å². The van der Waals surface area contributed by atoms with Crippen LogP contribution in [0, 0.1) is 5.92 Å². The highest BCUT2D eigenvalue weighted by atomic mass is 35.5. The van der Waals surface area contributed by atoms with Crippen molar-refractivity contribution in [3.05, 3.63) is 58.1 Å². The van der Waals surface area contributed by atoms with Crippen molar-refractivity contribution in [3.63, 3.8) is 0 Å². The van der Waals surface area contributed by atoms with E-state index in [1.165, 1.54) is 29.5 Å². The van der Waals surface area contributed by atoms with Crippen molar-refractivity contribution in [1.82, 2.24) is 10.2 Å². The summed E-state index contributed by atoms with van der Waals surface area (Å²) in [4.78, 5) is 2.37. The Morgan fingerprint density at radius 2 is 1.97 bits per heavy atom. The molecular formula is C25H33ClN2O2. The summed E-state index contributed by atoms with van der Waals surface area (Å²) in [6.07, 6.45) is 3.75. The van der Waals surface area contributed by atoms with Crippen LogP contribution in [0.2, 0.25) is 5.02 Å².